The molecule has 0 amide bonds. The van der Waals surface area contributed by atoms with Gasteiger partial charge in [-0.15, -0.1) is 0 Å². The fraction of sp³-hybridized carbons (Fsp3) is 0.947. The molecule has 0 aromatic carbocycles. The minimum Gasteiger partial charge on any atom is -0.379 e. The lowest BCUT2D eigenvalue weighted by Gasteiger charge is -2.38. The van der Waals surface area contributed by atoms with Gasteiger partial charge in [0.05, 0.1) is 19.0 Å². The Morgan fingerprint density at radius 3 is 2.42 bits per heavy atom. The van der Waals surface area contributed by atoms with Gasteiger partial charge in [0.25, 0.3) is 0 Å². The summed E-state index contributed by atoms with van der Waals surface area (Å²) in [6.45, 7) is 11.9. The van der Waals surface area contributed by atoms with Gasteiger partial charge in [0.15, 0.2) is 0 Å². The summed E-state index contributed by atoms with van der Waals surface area (Å²) in [7, 11) is -3.51. The standard InChI is InChI=1S/C19H34N2O4S/c1-14(2)16(21-7-9-25-10-8-21)12-20-26(23,24)13-19-6-5-15(11-17(19)22)18(19,3)4/h14-16,20H,5-13H2,1-4H3. The summed E-state index contributed by atoms with van der Waals surface area (Å²) in [4.78, 5) is 14.9. The molecule has 2 bridgehead atoms. The fourth-order valence-corrected chi connectivity index (χ4v) is 7.24. The lowest BCUT2D eigenvalue weighted by atomic mass is 9.70. The van der Waals surface area contributed by atoms with Gasteiger partial charge < -0.3 is 4.74 Å². The van der Waals surface area contributed by atoms with Crippen molar-refractivity contribution in [3.8, 4) is 0 Å². The molecule has 26 heavy (non-hydrogen) atoms. The lowest BCUT2D eigenvalue weighted by molar-refractivity contribution is -0.128. The van der Waals surface area contributed by atoms with Crippen LogP contribution >= 0.6 is 0 Å². The molecule has 2 aliphatic carbocycles. The maximum atomic E-state index is 12.9. The highest BCUT2D eigenvalue weighted by molar-refractivity contribution is 7.89. The summed E-state index contributed by atoms with van der Waals surface area (Å²) in [5, 5.41) is 0. The first-order chi connectivity index (χ1) is 12.1. The molecule has 1 aliphatic heterocycles. The average Bonchev–Trinajstić information content (AvgIpc) is 2.89. The van der Waals surface area contributed by atoms with Crippen LogP contribution in [-0.2, 0) is 19.6 Å². The first kappa shape index (κ1) is 20.2. The van der Waals surface area contributed by atoms with E-state index < -0.39 is 15.4 Å². The van der Waals surface area contributed by atoms with Crippen LogP contribution in [0.4, 0.5) is 0 Å². The Bertz CT molecular complexity index is 640. The van der Waals surface area contributed by atoms with Gasteiger partial charge in [-0.05, 0) is 30.1 Å². The van der Waals surface area contributed by atoms with E-state index in [1.807, 2.05) is 0 Å². The monoisotopic (exact) mass is 386 g/mol. The Kier molecular flexibility index (Phi) is 5.57. The molecular formula is C19H34N2O4S. The first-order valence-electron chi connectivity index (χ1n) is 9.91. The summed E-state index contributed by atoms with van der Waals surface area (Å²) in [6.07, 6.45) is 2.23. The molecule has 1 N–H and O–H groups in total. The summed E-state index contributed by atoms with van der Waals surface area (Å²) in [5.41, 5.74) is -0.920. The molecule has 7 heteroatoms. The van der Waals surface area contributed by atoms with Crippen molar-refractivity contribution in [2.45, 2.75) is 53.0 Å². The number of hydrogen-bond donors (Lipinski definition) is 1. The molecule has 3 aliphatic rings. The number of carbonyl (C=O) groups excluding carboxylic acids is 1. The Hall–Kier alpha value is -0.500. The van der Waals surface area contributed by atoms with Crippen molar-refractivity contribution in [2.24, 2.45) is 22.7 Å². The highest BCUT2D eigenvalue weighted by Gasteiger charge is 2.65. The van der Waals surface area contributed by atoms with Gasteiger partial charge >= 0.3 is 0 Å². The van der Waals surface area contributed by atoms with Gasteiger partial charge in [-0.2, -0.15) is 0 Å². The molecule has 6 nitrogen and oxygen atoms in total. The summed E-state index contributed by atoms with van der Waals surface area (Å²) >= 11 is 0. The van der Waals surface area contributed by atoms with Crippen LogP contribution in [-0.4, -0.2) is 63.7 Å². The third kappa shape index (κ3) is 3.48. The van der Waals surface area contributed by atoms with E-state index in [2.05, 4.69) is 37.3 Å². The summed E-state index contributed by atoms with van der Waals surface area (Å²) in [5.74, 6) is 0.769. The van der Waals surface area contributed by atoms with E-state index in [1.165, 1.54) is 0 Å². The van der Waals surface area contributed by atoms with Crippen molar-refractivity contribution in [3.05, 3.63) is 0 Å². The molecule has 3 unspecified atom stereocenters. The first-order valence-corrected chi connectivity index (χ1v) is 11.6. The van der Waals surface area contributed by atoms with Gasteiger partial charge in [0, 0.05) is 37.5 Å². The maximum Gasteiger partial charge on any atom is 0.212 e. The average molecular weight is 387 g/mol. The number of carbonyl (C=O) groups is 1. The molecule has 3 rings (SSSR count). The number of ketones is 1. The molecule has 150 valence electrons. The van der Waals surface area contributed by atoms with Crippen LogP contribution in [0.1, 0.15) is 47.0 Å². The number of hydrogen-bond acceptors (Lipinski definition) is 5. The summed E-state index contributed by atoms with van der Waals surface area (Å²) in [6, 6.07) is 0.148. The van der Waals surface area contributed by atoms with Crippen LogP contribution in [0.25, 0.3) is 0 Å². The number of sulfonamides is 1. The van der Waals surface area contributed by atoms with E-state index in [4.69, 9.17) is 4.74 Å². The van der Waals surface area contributed by atoms with Crippen LogP contribution in [0.15, 0.2) is 0 Å². The molecule has 3 fully saturated rings. The van der Waals surface area contributed by atoms with E-state index in [9.17, 15) is 13.2 Å². The zero-order valence-corrected chi connectivity index (χ0v) is 17.4. The predicted molar refractivity (Wildman–Crippen MR) is 101 cm³/mol. The number of Topliss-reactive ketones (excluding diaryl/α,β-unsaturated/α-hetero) is 1. The van der Waals surface area contributed by atoms with Crippen LogP contribution < -0.4 is 4.72 Å². The zero-order valence-electron chi connectivity index (χ0n) is 16.6. The zero-order chi connectivity index (χ0) is 19.2. The van der Waals surface area contributed by atoms with Gasteiger partial charge in [0.2, 0.25) is 10.0 Å². The van der Waals surface area contributed by atoms with Crippen LogP contribution in [0.2, 0.25) is 0 Å². The fourth-order valence-electron chi connectivity index (χ4n) is 5.39. The predicted octanol–water partition coefficient (Wildman–Crippen LogP) is 1.66. The van der Waals surface area contributed by atoms with Gasteiger partial charge in [-0.25, -0.2) is 13.1 Å². The normalized spacial score (nSPS) is 33.1. The number of ether oxygens (including phenoxy) is 1. The van der Waals surface area contributed by atoms with Crippen LogP contribution in [0.5, 0.6) is 0 Å². The number of nitrogens with zero attached hydrogens (tertiary/aromatic N) is 1. The minimum absolute atomic E-state index is 0.0593. The Labute approximate surface area is 158 Å². The van der Waals surface area contributed by atoms with Gasteiger partial charge in [0.1, 0.15) is 5.78 Å². The maximum absolute atomic E-state index is 12.9. The van der Waals surface area contributed by atoms with E-state index in [-0.39, 0.29) is 23.0 Å². The second-order valence-electron chi connectivity index (χ2n) is 9.23. The third-order valence-electron chi connectivity index (χ3n) is 7.37. The van der Waals surface area contributed by atoms with E-state index in [0.717, 1.165) is 19.5 Å². The molecule has 3 atom stereocenters. The quantitative estimate of drug-likeness (QED) is 0.720. The molecular weight excluding hydrogens is 352 g/mol. The topological polar surface area (TPSA) is 75.7 Å². The van der Waals surface area contributed by atoms with Crippen LogP contribution in [0.3, 0.4) is 0 Å². The molecule has 0 radical (unpaired) electrons. The van der Waals surface area contributed by atoms with E-state index in [0.29, 0.717) is 44.4 Å². The molecule has 1 heterocycles. The van der Waals surface area contributed by atoms with Crippen LogP contribution in [0, 0.1) is 22.7 Å². The molecule has 0 aromatic rings. The SMILES string of the molecule is CC(C)C(CNS(=O)(=O)CC12CCC(CC1=O)C2(C)C)N1CCOCC1. The number of fused-ring (bicyclic) bond motifs is 2. The number of rotatable bonds is 7. The smallest absolute Gasteiger partial charge is 0.212 e. The molecule has 0 aromatic heterocycles. The lowest BCUT2D eigenvalue weighted by Crippen LogP contribution is -2.52. The Balaban J connectivity index is 1.68. The molecule has 2 saturated carbocycles. The minimum atomic E-state index is -3.51. The second-order valence-corrected chi connectivity index (χ2v) is 11.0. The van der Waals surface area contributed by atoms with Crippen molar-refractivity contribution < 1.29 is 17.9 Å². The summed E-state index contributed by atoms with van der Waals surface area (Å²) < 4.78 is 34.1. The van der Waals surface area contributed by atoms with E-state index >= 15 is 0 Å². The Morgan fingerprint density at radius 2 is 1.92 bits per heavy atom. The van der Waals surface area contributed by atoms with Crippen molar-refractivity contribution in [2.75, 3.05) is 38.6 Å². The van der Waals surface area contributed by atoms with Gasteiger partial charge in [-0.1, -0.05) is 27.7 Å². The second kappa shape index (κ2) is 7.15. The molecule has 0 spiro atoms. The van der Waals surface area contributed by atoms with Crippen molar-refractivity contribution >= 4 is 15.8 Å². The number of morpholine rings is 1. The highest BCUT2D eigenvalue weighted by atomic mass is 32.2. The largest absolute Gasteiger partial charge is 0.379 e. The van der Waals surface area contributed by atoms with Gasteiger partial charge in [-0.3, -0.25) is 9.69 Å². The third-order valence-corrected chi connectivity index (χ3v) is 8.85. The highest BCUT2D eigenvalue weighted by Crippen LogP contribution is 2.64. The van der Waals surface area contributed by atoms with Crippen molar-refractivity contribution in [1.29, 1.82) is 0 Å². The van der Waals surface area contributed by atoms with Crippen molar-refractivity contribution in [1.82, 2.24) is 9.62 Å². The van der Waals surface area contributed by atoms with Crippen molar-refractivity contribution in [3.63, 3.8) is 0 Å². The molecule has 1 saturated heterocycles. The van der Waals surface area contributed by atoms with E-state index in [1.54, 1.807) is 0 Å². The Morgan fingerprint density at radius 1 is 1.27 bits per heavy atom. The number of nitrogens with one attached hydrogen (secondary N) is 1.